The third-order valence-corrected chi connectivity index (χ3v) is 10.1. The van der Waals surface area contributed by atoms with Crippen molar-refractivity contribution in [2.45, 2.75) is 192 Å². The molecule has 0 amide bonds. The third-order valence-electron chi connectivity index (χ3n) is 9.55. The number of ketones is 2. The molecule has 3 N–H and O–H groups in total. The Morgan fingerprint density at radius 2 is 1.06 bits per heavy atom. The van der Waals surface area contributed by atoms with Crippen LogP contribution in [-0.4, -0.2) is 76.7 Å². The molecule has 0 aliphatic rings. The molecule has 0 radical (unpaired) electrons. The van der Waals surface area contributed by atoms with Gasteiger partial charge in [0.25, 0.3) is 7.82 Å². The average Bonchev–Trinajstić information content (AvgIpc) is 3.09. The van der Waals surface area contributed by atoms with Crippen molar-refractivity contribution in [3.8, 4) is 0 Å². The average molecular weight is 782 g/mol. The molecule has 0 aromatic rings. The Hall–Kier alpha value is -1.71. The lowest BCUT2D eigenvalue weighted by atomic mass is 9.81. The second-order valence-corrected chi connectivity index (χ2v) is 17.2. The fourth-order valence-corrected chi connectivity index (χ4v) is 6.94. The number of unbranched alkanes of at least 4 members (excludes halogenated alkanes) is 16. The molecule has 0 aliphatic heterocycles. The maximum absolute atomic E-state index is 13.6. The van der Waals surface area contributed by atoms with E-state index in [1.807, 2.05) is 0 Å². The number of quaternary nitrogens is 1. The summed E-state index contributed by atoms with van der Waals surface area (Å²) in [5.74, 6) is -1.10. The summed E-state index contributed by atoms with van der Waals surface area (Å²) >= 11 is 0. The van der Waals surface area contributed by atoms with E-state index in [2.05, 4.69) is 62.5 Å². The first kappa shape index (κ1) is 52.3. The van der Waals surface area contributed by atoms with E-state index < -0.39 is 37.8 Å². The van der Waals surface area contributed by atoms with E-state index in [-0.39, 0.29) is 29.7 Å². The molecule has 0 fully saturated rings. The van der Waals surface area contributed by atoms with Crippen LogP contribution in [0.5, 0.6) is 0 Å². The van der Waals surface area contributed by atoms with Gasteiger partial charge in [-0.05, 0) is 77.0 Å². The highest BCUT2D eigenvalue weighted by Crippen LogP contribution is 2.37. The maximum atomic E-state index is 13.6. The predicted octanol–water partition coefficient (Wildman–Crippen LogP) is 9.79. The Bertz CT molecular complexity index is 1120. The van der Waals surface area contributed by atoms with Crippen LogP contribution < -0.4 is 4.89 Å². The number of allylic oxidation sites excluding steroid dienone is 8. The lowest BCUT2D eigenvalue weighted by molar-refractivity contribution is -0.873. The fraction of sp³-hybridized carbons (Fsp3) is 0.773. The Kier molecular flexibility index (Phi) is 31.4. The van der Waals surface area contributed by atoms with E-state index in [1.54, 1.807) is 21.1 Å². The second-order valence-electron chi connectivity index (χ2n) is 16.1. The molecule has 0 rings (SSSR count). The lowest BCUT2D eigenvalue weighted by Gasteiger charge is -2.39. The molecule has 4 atom stereocenters. The summed E-state index contributed by atoms with van der Waals surface area (Å²) < 4.78 is 16.7. The first-order valence-corrected chi connectivity index (χ1v) is 22.7. The molecule has 0 aromatic heterocycles. The molecule has 0 saturated carbocycles. The van der Waals surface area contributed by atoms with Crippen molar-refractivity contribution in [2.75, 3.05) is 27.7 Å². The minimum atomic E-state index is -5.34. The molecule has 9 nitrogen and oxygen atoms in total. The van der Waals surface area contributed by atoms with Gasteiger partial charge in [0, 0.05) is 19.3 Å². The second kappa shape index (κ2) is 32.4. The highest BCUT2D eigenvalue weighted by molar-refractivity contribution is 7.44. The largest absolute Gasteiger partial charge is 0.756 e. The summed E-state index contributed by atoms with van der Waals surface area (Å²) in [5.41, 5.74) is -2.54. The smallest absolute Gasteiger partial charge is 0.265 e. The van der Waals surface area contributed by atoms with Crippen molar-refractivity contribution in [2.24, 2.45) is 0 Å². The molecule has 0 heterocycles. The number of carbonyl (C=O) groups excluding carboxylic acids is 2. The van der Waals surface area contributed by atoms with Crippen LogP contribution in [0.25, 0.3) is 0 Å². The fourth-order valence-electron chi connectivity index (χ4n) is 6.41. The molecular weight excluding hydrogens is 701 g/mol. The monoisotopic (exact) mass is 782 g/mol. The number of aliphatic hydroxyl groups is 2. The van der Waals surface area contributed by atoms with Crippen molar-refractivity contribution >= 4 is 19.4 Å². The number of nitrogens with zero attached hydrogens (tertiary/aromatic N) is 1. The van der Waals surface area contributed by atoms with Crippen LogP contribution >= 0.6 is 7.82 Å². The Balaban J connectivity index is 4.98. The quantitative estimate of drug-likeness (QED) is 0.0245. The van der Waals surface area contributed by atoms with Crippen LogP contribution in [0.1, 0.15) is 174 Å². The van der Waals surface area contributed by atoms with Gasteiger partial charge in [0.1, 0.15) is 24.5 Å². The molecule has 0 spiro atoms. The Morgan fingerprint density at radius 1 is 0.667 bits per heavy atom. The number of rotatable bonds is 37. The number of Topliss-reactive ketones (excluding diaryl/α,β-unsaturated/α-hetero) is 2. The van der Waals surface area contributed by atoms with E-state index in [1.165, 1.54) is 38.5 Å². The van der Waals surface area contributed by atoms with E-state index in [0.29, 0.717) is 12.8 Å². The highest BCUT2D eigenvalue weighted by Gasteiger charge is 2.49. The summed E-state index contributed by atoms with van der Waals surface area (Å²) in [5, 5.41) is 23.1. The van der Waals surface area contributed by atoms with Crippen LogP contribution in [-0.2, 0) is 18.7 Å². The SMILES string of the molecule is CCCCC/C=C\C/C=C\CCCCCCCC(=O)CC(O)(C(=O)CCCCCCC/C=C\C/C=C\CCCCC)C(O)C(C[N+](C)(C)C)OP(=O)([O-])O. The summed E-state index contributed by atoms with van der Waals surface area (Å²) in [6.45, 7) is 4.27. The number of phosphoric ester groups is 1. The van der Waals surface area contributed by atoms with Gasteiger partial charge in [-0.1, -0.05) is 127 Å². The van der Waals surface area contributed by atoms with Gasteiger partial charge >= 0.3 is 0 Å². The van der Waals surface area contributed by atoms with Crippen LogP contribution in [0, 0.1) is 0 Å². The normalized spacial score (nSPS) is 16.1. The number of likely N-dealkylation sites (N-methyl/N-ethyl adjacent to an activating group) is 1. The Morgan fingerprint density at radius 3 is 1.46 bits per heavy atom. The molecule has 314 valence electrons. The third kappa shape index (κ3) is 30.5. The van der Waals surface area contributed by atoms with E-state index >= 15 is 0 Å². The van der Waals surface area contributed by atoms with Gasteiger partial charge in [0.15, 0.2) is 11.4 Å². The van der Waals surface area contributed by atoms with Crippen LogP contribution in [0.2, 0.25) is 0 Å². The van der Waals surface area contributed by atoms with Crippen molar-refractivity contribution in [1.29, 1.82) is 0 Å². The molecule has 0 aliphatic carbocycles. The summed E-state index contributed by atoms with van der Waals surface area (Å²) in [6, 6.07) is 0. The zero-order valence-corrected chi connectivity index (χ0v) is 35.8. The van der Waals surface area contributed by atoms with Gasteiger partial charge in [-0.2, -0.15) is 0 Å². The number of aliphatic hydroxyl groups excluding tert-OH is 1. The number of hydrogen-bond acceptors (Lipinski definition) is 7. The highest BCUT2D eigenvalue weighted by atomic mass is 31.2. The van der Waals surface area contributed by atoms with Crippen LogP contribution in [0.4, 0.5) is 0 Å². The van der Waals surface area contributed by atoms with E-state index in [9.17, 15) is 34.2 Å². The molecule has 54 heavy (non-hydrogen) atoms. The molecular formula is C44H80NO8P. The Labute approximate surface area is 330 Å². The van der Waals surface area contributed by atoms with Gasteiger partial charge in [-0.3, -0.25) is 14.2 Å². The van der Waals surface area contributed by atoms with E-state index in [0.717, 1.165) is 89.9 Å². The van der Waals surface area contributed by atoms with Crippen molar-refractivity contribution in [3.05, 3.63) is 48.6 Å². The first-order chi connectivity index (χ1) is 25.7. The van der Waals surface area contributed by atoms with Crippen molar-refractivity contribution in [3.63, 3.8) is 0 Å². The standard InChI is InChI=1S/C44H80NO8P/c1-6-8-10-12-14-16-18-20-22-24-26-28-30-32-34-36-40(46)38-44(49,43(48)41(39-45(3,4)5)53-54(50,51)52)42(47)37-35-33-31-29-27-25-23-21-19-17-15-13-11-9-7-2/h14-17,20-23,41,43,48-49H,6-13,18-19,24-39H2,1-5H3,(H-,50,51,52)/b16-14-,17-15-,22-20-,23-21-. The molecule has 0 saturated heterocycles. The zero-order chi connectivity index (χ0) is 40.6. The number of hydrogen-bond donors (Lipinski definition) is 3. The van der Waals surface area contributed by atoms with Gasteiger partial charge < -0.3 is 29.0 Å². The number of phosphoric acid groups is 1. The minimum Gasteiger partial charge on any atom is -0.756 e. The van der Waals surface area contributed by atoms with Crippen LogP contribution in [0.15, 0.2) is 48.6 Å². The van der Waals surface area contributed by atoms with Crippen molar-refractivity contribution < 1.29 is 43.2 Å². The van der Waals surface area contributed by atoms with Crippen molar-refractivity contribution in [1.82, 2.24) is 0 Å². The topological polar surface area (TPSA) is 144 Å². The van der Waals surface area contributed by atoms with Crippen LogP contribution in [0.3, 0.4) is 0 Å². The van der Waals surface area contributed by atoms with Gasteiger partial charge in [-0.25, -0.2) is 0 Å². The zero-order valence-electron chi connectivity index (χ0n) is 34.9. The number of carbonyl (C=O) groups is 2. The first-order valence-electron chi connectivity index (χ1n) is 21.2. The summed E-state index contributed by atoms with van der Waals surface area (Å²) in [6.07, 6.45) is 35.9. The lowest BCUT2D eigenvalue weighted by Crippen LogP contribution is -2.59. The summed E-state index contributed by atoms with van der Waals surface area (Å²) in [4.78, 5) is 47.9. The van der Waals surface area contributed by atoms with Gasteiger partial charge in [0.2, 0.25) is 0 Å². The van der Waals surface area contributed by atoms with Gasteiger partial charge in [-0.15, -0.1) is 0 Å². The van der Waals surface area contributed by atoms with E-state index in [4.69, 9.17) is 4.52 Å². The maximum Gasteiger partial charge on any atom is 0.265 e. The molecule has 4 unspecified atom stereocenters. The predicted molar refractivity (Wildman–Crippen MR) is 222 cm³/mol. The molecule has 0 aromatic carbocycles. The molecule has 0 bridgehead atoms. The minimum absolute atomic E-state index is 0.0692. The summed E-state index contributed by atoms with van der Waals surface area (Å²) in [7, 11) is -0.187. The van der Waals surface area contributed by atoms with Gasteiger partial charge in [0.05, 0.1) is 21.1 Å². The molecule has 10 heteroatoms.